The van der Waals surface area contributed by atoms with Crippen LogP contribution in [0, 0.1) is 0 Å². The molecule has 69 heavy (non-hydrogen) atoms. The van der Waals surface area contributed by atoms with Gasteiger partial charge in [0.05, 0.1) is 0 Å². The molecule has 0 fully saturated rings. The number of rotatable bonds is 54. The summed E-state index contributed by atoms with van der Waals surface area (Å²) in [5.74, 6) is -0.891. The average molecular weight is 966 g/mol. The lowest BCUT2D eigenvalue weighted by atomic mass is 10.1. The molecule has 6 nitrogen and oxygen atoms in total. The molecule has 1 unspecified atom stereocenters. The molecule has 0 amide bonds. The molecule has 0 aliphatic carbocycles. The molecular formula is C63H112O6. The molecule has 0 heterocycles. The largest absolute Gasteiger partial charge is 0.462 e. The fourth-order valence-corrected chi connectivity index (χ4v) is 8.44. The molecular weight excluding hydrogens is 853 g/mol. The van der Waals surface area contributed by atoms with Crippen LogP contribution in [0.25, 0.3) is 0 Å². The third-order valence-corrected chi connectivity index (χ3v) is 13.0. The molecule has 0 aliphatic rings. The maximum absolute atomic E-state index is 12.9. The van der Waals surface area contributed by atoms with E-state index in [2.05, 4.69) is 81.5 Å². The Hall–Kier alpha value is -2.89. The highest BCUT2D eigenvalue weighted by Gasteiger charge is 2.19. The van der Waals surface area contributed by atoms with Crippen LogP contribution in [0.5, 0.6) is 0 Å². The Balaban J connectivity index is 4.35. The van der Waals surface area contributed by atoms with Crippen molar-refractivity contribution in [3.63, 3.8) is 0 Å². The first-order valence-corrected chi connectivity index (χ1v) is 29.8. The number of carbonyl (C=O) groups is 3. The summed E-state index contributed by atoms with van der Waals surface area (Å²) < 4.78 is 16.9. The fraction of sp³-hybridized carbons (Fsp3) is 0.794. The van der Waals surface area contributed by atoms with E-state index in [0.29, 0.717) is 19.3 Å². The zero-order chi connectivity index (χ0) is 50.0. The first kappa shape index (κ1) is 66.1. The third kappa shape index (κ3) is 55.9. The number of unbranched alkanes of at least 4 members (excludes halogenated alkanes) is 33. The minimum Gasteiger partial charge on any atom is -0.462 e. The van der Waals surface area contributed by atoms with Crippen LogP contribution in [0.3, 0.4) is 0 Å². The first-order chi connectivity index (χ1) is 34.0. The molecule has 0 bridgehead atoms. The molecule has 0 aromatic carbocycles. The van der Waals surface area contributed by atoms with E-state index in [9.17, 15) is 14.4 Å². The van der Waals surface area contributed by atoms with Gasteiger partial charge in [-0.25, -0.2) is 0 Å². The maximum Gasteiger partial charge on any atom is 0.306 e. The van der Waals surface area contributed by atoms with E-state index >= 15 is 0 Å². The van der Waals surface area contributed by atoms with Gasteiger partial charge in [0, 0.05) is 19.3 Å². The highest BCUT2D eigenvalue weighted by Crippen LogP contribution is 2.15. The molecule has 0 rings (SSSR count). The summed E-state index contributed by atoms with van der Waals surface area (Å²) in [6, 6.07) is 0. The van der Waals surface area contributed by atoms with Crippen LogP contribution in [0.4, 0.5) is 0 Å². The van der Waals surface area contributed by atoms with Crippen molar-refractivity contribution in [1.82, 2.24) is 0 Å². The monoisotopic (exact) mass is 965 g/mol. The normalized spacial score (nSPS) is 12.4. The van der Waals surface area contributed by atoms with Gasteiger partial charge in [-0.15, -0.1) is 0 Å². The summed E-state index contributed by atoms with van der Waals surface area (Å²) in [6.45, 7) is 6.60. The van der Waals surface area contributed by atoms with Crippen molar-refractivity contribution in [2.24, 2.45) is 0 Å². The van der Waals surface area contributed by atoms with Crippen LogP contribution in [-0.4, -0.2) is 37.2 Å². The summed E-state index contributed by atoms with van der Waals surface area (Å²) in [5.41, 5.74) is 0. The van der Waals surface area contributed by atoms with E-state index in [1.54, 1.807) is 0 Å². The molecule has 400 valence electrons. The first-order valence-electron chi connectivity index (χ1n) is 29.8. The minimum atomic E-state index is -0.783. The number of ether oxygens (including phenoxy) is 3. The average Bonchev–Trinajstić information content (AvgIpc) is 3.35. The lowest BCUT2D eigenvalue weighted by Crippen LogP contribution is -2.30. The van der Waals surface area contributed by atoms with Gasteiger partial charge < -0.3 is 14.2 Å². The molecule has 0 aromatic heterocycles. The molecule has 0 N–H and O–H groups in total. The van der Waals surface area contributed by atoms with Gasteiger partial charge in [-0.2, -0.15) is 0 Å². The summed E-state index contributed by atoms with van der Waals surface area (Å²) in [4.78, 5) is 38.2. The van der Waals surface area contributed by atoms with Gasteiger partial charge >= 0.3 is 17.9 Å². The minimum absolute atomic E-state index is 0.0813. The highest BCUT2D eigenvalue weighted by molar-refractivity contribution is 5.71. The number of hydrogen-bond donors (Lipinski definition) is 0. The fourth-order valence-electron chi connectivity index (χ4n) is 8.44. The van der Waals surface area contributed by atoms with Crippen LogP contribution in [0.15, 0.2) is 60.8 Å². The van der Waals surface area contributed by atoms with Gasteiger partial charge in [-0.1, -0.05) is 236 Å². The third-order valence-electron chi connectivity index (χ3n) is 13.0. The molecule has 6 heteroatoms. The predicted molar refractivity (Wildman–Crippen MR) is 298 cm³/mol. The summed E-state index contributed by atoms with van der Waals surface area (Å²) in [5, 5.41) is 0. The summed E-state index contributed by atoms with van der Waals surface area (Å²) in [6.07, 6.45) is 72.1. The van der Waals surface area contributed by atoms with Gasteiger partial charge in [0.1, 0.15) is 13.2 Å². The standard InChI is InChI=1S/C63H112O6/c1-4-7-10-13-16-19-22-25-27-29-30-31-32-34-35-38-41-44-47-50-53-56-62(65)68-59-60(58-67-61(64)55-52-49-46-43-40-37-24-21-18-15-12-9-6-3)69-63(66)57-54-51-48-45-42-39-36-33-28-26-23-20-17-14-11-8-5-2/h17,20-22,24-26,28-30,60H,4-16,18-19,23,27,31-59H2,1-3H3/b20-17-,24-21-,25-22-,28-26-,30-29-. The topological polar surface area (TPSA) is 78.9 Å². The zero-order valence-corrected chi connectivity index (χ0v) is 45.8. The van der Waals surface area contributed by atoms with Crippen LogP contribution < -0.4 is 0 Å². The Morgan fingerprint density at radius 1 is 0.290 bits per heavy atom. The molecule has 0 saturated heterocycles. The molecule has 0 saturated carbocycles. The van der Waals surface area contributed by atoms with Gasteiger partial charge in [-0.3, -0.25) is 14.4 Å². The van der Waals surface area contributed by atoms with Gasteiger partial charge in [0.25, 0.3) is 0 Å². The van der Waals surface area contributed by atoms with Crippen LogP contribution in [-0.2, 0) is 28.6 Å². The summed E-state index contributed by atoms with van der Waals surface area (Å²) in [7, 11) is 0. The van der Waals surface area contributed by atoms with E-state index in [1.165, 1.54) is 180 Å². The second-order valence-corrected chi connectivity index (χ2v) is 19.9. The van der Waals surface area contributed by atoms with Gasteiger partial charge in [0.2, 0.25) is 0 Å². The Kier molecular flexibility index (Phi) is 55.3. The van der Waals surface area contributed by atoms with Crippen molar-refractivity contribution in [2.45, 2.75) is 309 Å². The lowest BCUT2D eigenvalue weighted by molar-refractivity contribution is -0.167. The second kappa shape index (κ2) is 57.7. The molecule has 0 radical (unpaired) electrons. The number of carbonyl (C=O) groups excluding carboxylic acids is 3. The highest BCUT2D eigenvalue weighted by atomic mass is 16.6. The smallest absolute Gasteiger partial charge is 0.306 e. The molecule has 0 spiro atoms. The molecule has 1 atom stereocenters. The van der Waals surface area contributed by atoms with Crippen LogP contribution in [0.1, 0.15) is 303 Å². The molecule has 0 aliphatic heterocycles. The summed E-state index contributed by atoms with van der Waals surface area (Å²) >= 11 is 0. The van der Waals surface area contributed by atoms with Crippen molar-refractivity contribution in [2.75, 3.05) is 13.2 Å². The van der Waals surface area contributed by atoms with E-state index in [4.69, 9.17) is 14.2 Å². The van der Waals surface area contributed by atoms with Crippen LogP contribution in [0.2, 0.25) is 0 Å². The van der Waals surface area contributed by atoms with Crippen molar-refractivity contribution in [3.8, 4) is 0 Å². The lowest BCUT2D eigenvalue weighted by Gasteiger charge is -2.18. The van der Waals surface area contributed by atoms with E-state index < -0.39 is 6.10 Å². The SMILES string of the molecule is CCCCC/C=C\C/C=C\CCCCCCCCCC(=O)OC(COC(=O)CCCCCCC/C=C\CCCCCC)COC(=O)CCCCCCCCCCC/C=C\C/C=C\CCCCCCC. The zero-order valence-electron chi connectivity index (χ0n) is 45.8. The van der Waals surface area contributed by atoms with E-state index in [0.717, 1.165) is 83.5 Å². The van der Waals surface area contributed by atoms with Crippen molar-refractivity contribution in [1.29, 1.82) is 0 Å². The van der Waals surface area contributed by atoms with Gasteiger partial charge in [0.15, 0.2) is 6.10 Å². The van der Waals surface area contributed by atoms with Crippen LogP contribution >= 0.6 is 0 Å². The van der Waals surface area contributed by atoms with Crippen molar-refractivity contribution < 1.29 is 28.6 Å². The number of esters is 3. The van der Waals surface area contributed by atoms with Gasteiger partial charge in [-0.05, 0) is 109 Å². The quantitative estimate of drug-likeness (QED) is 0.0262. The number of hydrogen-bond acceptors (Lipinski definition) is 6. The Morgan fingerprint density at radius 3 is 0.855 bits per heavy atom. The predicted octanol–water partition coefficient (Wildman–Crippen LogP) is 20.0. The molecule has 0 aromatic rings. The Bertz CT molecular complexity index is 1250. The maximum atomic E-state index is 12.9. The van der Waals surface area contributed by atoms with E-state index in [-0.39, 0.29) is 31.1 Å². The Labute approximate surface area is 428 Å². The second-order valence-electron chi connectivity index (χ2n) is 19.9. The number of allylic oxidation sites excluding steroid dienone is 10. The van der Waals surface area contributed by atoms with E-state index in [1.807, 2.05) is 0 Å². The van der Waals surface area contributed by atoms with Crippen molar-refractivity contribution in [3.05, 3.63) is 60.8 Å². The Morgan fingerprint density at radius 2 is 0.522 bits per heavy atom. The van der Waals surface area contributed by atoms with Crippen molar-refractivity contribution >= 4 is 17.9 Å².